The van der Waals surface area contributed by atoms with Crippen LogP contribution in [0.4, 0.5) is 20.3 Å². The van der Waals surface area contributed by atoms with Crippen molar-refractivity contribution in [2.24, 2.45) is 0 Å². The monoisotopic (exact) mass is 331 g/mol. The van der Waals surface area contributed by atoms with Gasteiger partial charge in [-0.15, -0.1) is 0 Å². The molecule has 2 rings (SSSR count). The summed E-state index contributed by atoms with van der Waals surface area (Å²) in [6, 6.07) is 8.59. The standard InChI is InChI=1S/C12H11F2N3O2S2/c13-12(14)20-9-5-2-1-4-8(9)17-21(18,19)10-6-3-7-16-11(10)15/h1-7,12,17H,(H2,15,16). The van der Waals surface area contributed by atoms with Crippen LogP contribution in [-0.2, 0) is 10.0 Å². The van der Waals surface area contributed by atoms with E-state index in [0.29, 0.717) is 0 Å². The molecule has 0 fully saturated rings. The Morgan fingerprint density at radius 3 is 2.57 bits per heavy atom. The zero-order valence-electron chi connectivity index (χ0n) is 10.5. The van der Waals surface area contributed by atoms with E-state index in [4.69, 9.17) is 5.73 Å². The van der Waals surface area contributed by atoms with Gasteiger partial charge in [0.15, 0.2) is 0 Å². The molecule has 0 atom stereocenters. The van der Waals surface area contributed by atoms with Crippen molar-refractivity contribution in [3.8, 4) is 0 Å². The highest BCUT2D eigenvalue weighted by Gasteiger charge is 2.20. The highest BCUT2D eigenvalue weighted by molar-refractivity contribution is 7.99. The molecule has 0 unspecified atom stereocenters. The summed E-state index contributed by atoms with van der Waals surface area (Å²) >= 11 is 0.258. The summed E-state index contributed by atoms with van der Waals surface area (Å²) in [5.41, 5.74) is 5.58. The van der Waals surface area contributed by atoms with Gasteiger partial charge in [-0.25, -0.2) is 13.4 Å². The molecule has 0 radical (unpaired) electrons. The number of pyridine rings is 1. The highest BCUT2D eigenvalue weighted by atomic mass is 32.2. The van der Waals surface area contributed by atoms with Gasteiger partial charge in [0.05, 0.1) is 5.69 Å². The number of sulfonamides is 1. The fraction of sp³-hybridized carbons (Fsp3) is 0.0833. The van der Waals surface area contributed by atoms with E-state index >= 15 is 0 Å². The third kappa shape index (κ3) is 3.82. The SMILES string of the molecule is Nc1ncccc1S(=O)(=O)Nc1ccccc1SC(F)F. The lowest BCUT2D eigenvalue weighted by Crippen LogP contribution is -2.16. The molecular formula is C12H11F2N3O2S2. The molecule has 9 heteroatoms. The third-order valence-electron chi connectivity index (χ3n) is 2.44. The van der Waals surface area contributed by atoms with E-state index < -0.39 is 15.8 Å². The Hall–Kier alpha value is -1.87. The molecule has 0 saturated carbocycles. The number of para-hydroxylation sites is 1. The van der Waals surface area contributed by atoms with Crippen LogP contribution in [0.3, 0.4) is 0 Å². The Bertz CT molecular complexity index is 739. The van der Waals surface area contributed by atoms with Crippen molar-refractivity contribution in [2.45, 2.75) is 15.5 Å². The molecule has 2 aromatic rings. The quantitative estimate of drug-likeness (QED) is 0.823. The number of aromatic nitrogens is 1. The maximum atomic E-state index is 12.5. The Labute approximate surface area is 124 Å². The second kappa shape index (κ2) is 6.27. The molecule has 0 saturated heterocycles. The Balaban J connectivity index is 2.36. The number of hydrogen-bond acceptors (Lipinski definition) is 5. The predicted molar refractivity (Wildman–Crippen MR) is 77.8 cm³/mol. The van der Waals surface area contributed by atoms with Gasteiger partial charge in [-0.3, -0.25) is 4.72 Å². The smallest absolute Gasteiger partial charge is 0.288 e. The summed E-state index contributed by atoms with van der Waals surface area (Å²) in [6.07, 6.45) is 1.36. The summed E-state index contributed by atoms with van der Waals surface area (Å²) in [4.78, 5) is 3.61. The number of nitrogens with one attached hydrogen (secondary N) is 1. The van der Waals surface area contributed by atoms with E-state index in [1.807, 2.05) is 0 Å². The lowest BCUT2D eigenvalue weighted by atomic mass is 10.3. The molecular weight excluding hydrogens is 320 g/mol. The van der Waals surface area contributed by atoms with Gasteiger partial charge in [0.1, 0.15) is 10.7 Å². The van der Waals surface area contributed by atoms with Crippen LogP contribution in [0, 0.1) is 0 Å². The summed E-state index contributed by atoms with van der Waals surface area (Å²) in [5, 5.41) is 0. The first-order valence-electron chi connectivity index (χ1n) is 5.67. The van der Waals surface area contributed by atoms with Gasteiger partial charge >= 0.3 is 0 Å². The van der Waals surface area contributed by atoms with Crippen molar-refractivity contribution < 1.29 is 17.2 Å². The lowest BCUT2D eigenvalue weighted by molar-refractivity contribution is 0.252. The molecule has 1 aromatic heterocycles. The van der Waals surface area contributed by atoms with Crippen molar-refractivity contribution in [1.82, 2.24) is 4.98 Å². The molecule has 0 aliphatic rings. The second-order valence-corrected chi connectivity index (χ2v) is 6.55. The zero-order chi connectivity index (χ0) is 15.5. The number of benzene rings is 1. The molecule has 0 amide bonds. The fourth-order valence-electron chi connectivity index (χ4n) is 1.58. The Kier molecular flexibility index (Phi) is 4.63. The minimum absolute atomic E-state index is 0.0612. The molecule has 1 heterocycles. The number of halogens is 2. The van der Waals surface area contributed by atoms with E-state index in [0.717, 1.165) is 0 Å². The lowest BCUT2D eigenvalue weighted by Gasteiger charge is -2.12. The minimum atomic E-state index is -4.00. The Morgan fingerprint density at radius 1 is 1.19 bits per heavy atom. The topological polar surface area (TPSA) is 85.1 Å². The number of anilines is 2. The van der Waals surface area contributed by atoms with Gasteiger partial charge in [-0.05, 0) is 24.3 Å². The maximum Gasteiger partial charge on any atom is 0.288 e. The average molecular weight is 331 g/mol. The molecule has 21 heavy (non-hydrogen) atoms. The van der Waals surface area contributed by atoms with Gasteiger partial charge in [0, 0.05) is 11.1 Å². The van der Waals surface area contributed by atoms with Crippen molar-refractivity contribution in [2.75, 3.05) is 10.5 Å². The molecule has 3 N–H and O–H groups in total. The van der Waals surface area contributed by atoms with Gasteiger partial charge in [0.25, 0.3) is 15.8 Å². The average Bonchev–Trinajstić information content (AvgIpc) is 2.40. The van der Waals surface area contributed by atoms with Crippen LogP contribution in [-0.4, -0.2) is 19.2 Å². The first-order chi connectivity index (χ1) is 9.90. The van der Waals surface area contributed by atoms with Crippen LogP contribution >= 0.6 is 11.8 Å². The van der Waals surface area contributed by atoms with Crippen molar-refractivity contribution in [3.63, 3.8) is 0 Å². The molecule has 0 spiro atoms. The summed E-state index contributed by atoms with van der Waals surface area (Å²) in [7, 11) is -4.00. The van der Waals surface area contributed by atoms with E-state index in [1.54, 1.807) is 12.1 Å². The predicted octanol–water partition coefficient (Wildman–Crippen LogP) is 2.78. The van der Waals surface area contributed by atoms with Crippen LogP contribution < -0.4 is 10.5 Å². The van der Waals surface area contributed by atoms with Crippen LogP contribution in [0.15, 0.2) is 52.4 Å². The number of alkyl halides is 2. The number of nitrogens with zero attached hydrogens (tertiary/aromatic N) is 1. The van der Waals surface area contributed by atoms with Crippen molar-refractivity contribution in [1.29, 1.82) is 0 Å². The van der Waals surface area contributed by atoms with Crippen LogP contribution in [0.2, 0.25) is 0 Å². The van der Waals surface area contributed by atoms with Gasteiger partial charge < -0.3 is 5.73 Å². The molecule has 0 bridgehead atoms. The van der Waals surface area contributed by atoms with Gasteiger partial charge in [0.2, 0.25) is 0 Å². The van der Waals surface area contributed by atoms with Crippen LogP contribution in [0.5, 0.6) is 0 Å². The van der Waals surface area contributed by atoms with Crippen LogP contribution in [0.25, 0.3) is 0 Å². The summed E-state index contributed by atoms with van der Waals surface area (Å²) in [6.45, 7) is 0. The van der Waals surface area contributed by atoms with E-state index in [2.05, 4.69) is 9.71 Å². The first-order valence-corrected chi connectivity index (χ1v) is 8.03. The largest absolute Gasteiger partial charge is 0.383 e. The van der Waals surface area contributed by atoms with Crippen LogP contribution in [0.1, 0.15) is 0 Å². The van der Waals surface area contributed by atoms with Crippen molar-refractivity contribution >= 4 is 33.3 Å². The Morgan fingerprint density at radius 2 is 1.90 bits per heavy atom. The first kappa shape index (κ1) is 15.5. The van der Waals surface area contributed by atoms with Gasteiger partial charge in [-0.1, -0.05) is 23.9 Å². The molecule has 0 aliphatic heterocycles. The van der Waals surface area contributed by atoms with Gasteiger partial charge in [-0.2, -0.15) is 8.78 Å². The number of hydrogen-bond donors (Lipinski definition) is 2. The van der Waals surface area contributed by atoms with E-state index in [1.165, 1.54) is 30.5 Å². The molecule has 1 aromatic carbocycles. The second-order valence-electron chi connectivity index (χ2n) is 3.87. The van der Waals surface area contributed by atoms with E-state index in [-0.39, 0.29) is 33.1 Å². The minimum Gasteiger partial charge on any atom is -0.383 e. The molecule has 5 nitrogen and oxygen atoms in total. The van der Waals surface area contributed by atoms with Crippen molar-refractivity contribution in [3.05, 3.63) is 42.6 Å². The molecule has 112 valence electrons. The highest BCUT2D eigenvalue weighted by Crippen LogP contribution is 2.33. The summed E-state index contributed by atoms with van der Waals surface area (Å²) in [5.74, 6) is -2.82. The number of rotatable bonds is 5. The zero-order valence-corrected chi connectivity index (χ0v) is 12.2. The third-order valence-corrected chi connectivity index (χ3v) is 4.64. The maximum absolute atomic E-state index is 12.5. The molecule has 0 aliphatic carbocycles. The van der Waals surface area contributed by atoms with E-state index in [9.17, 15) is 17.2 Å². The number of nitrogens with two attached hydrogens (primary N) is 1. The fourth-order valence-corrected chi connectivity index (χ4v) is 3.40. The number of nitrogen functional groups attached to an aromatic ring is 1. The normalized spacial score (nSPS) is 11.6. The number of thioether (sulfide) groups is 1. The summed E-state index contributed by atoms with van der Waals surface area (Å²) < 4.78 is 51.7.